The highest BCUT2D eigenvalue weighted by Gasteiger charge is 2.19. The zero-order chi connectivity index (χ0) is 39.6. The van der Waals surface area contributed by atoms with Gasteiger partial charge in [-0.3, -0.25) is 14.4 Å². The molecule has 0 spiro atoms. The molecule has 0 rings (SSSR count). The Balaban J connectivity index is 4.21. The Morgan fingerprint density at radius 2 is 0.648 bits per heavy atom. The van der Waals surface area contributed by atoms with E-state index in [9.17, 15) is 14.4 Å². The summed E-state index contributed by atoms with van der Waals surface area (Å²) in [6.45, 7) is 9.00. The summed E-state index contributed by atoms with van der Waals surface area (Å²) >= 11 is 0. The molecule has 0 aliphatic rings. The first-order valence-corrected chi connectivity index (χ1v) is 23.9. The van der Waals surface area contributed by atoms with Gasteiger partial charge in [0.05, 0.1) is 0 Å². The molecule has 6 heteroatoms. The van der Waals surface area contributed by atoms with Crippen LogP contribution in [0.15, 0.2) is 0 Å². The van der Waals surface area contributed by atoms with E-state index in [2.05, 4.69) is 27.7 Å². The lowest BCUT2D eigenvalue weighted by atomic mass is 9.99. The number of hydrogen-bond acceptors (Lipinski definition) is 6. The van der Waals surface area contributed by atoms with Crippen molar-refractivity contribution in [3.05, 3.63) is 0 Å². The highest BCUT2D eigenvalue weighted by Crippen LogP contribution is 2.17. The van der Waals surface area contributed by atoms with E-state index in [1.807, 2.05) is 0 Å². The van der Waals surface area contributed by atoms with Gasteiger partial charge in [-0.2, -0.15) is 0 Å². The SMILES string of the molecule is CCCCCCCCCCCCCC(=O)OC[C@H](COC(=O)CCCCCCCCC)OC(=O)CCCCCCCCCCCCCCCCC(C)CC. The van der Waals surface area contributed by atoms with Crippen molar-refractivity contribution in [1.29, 1.82) is 0 Å². The van der Waals surface area contributed by atoms with Crippen molar-refractivity contribution in [3.8, 4) is 0 Å². The maximum atomic E-state index is 12.7. The van der Waals surface area contributed by atoms with Crippen molar-refractivity contribution < 1.29 is 28.6 Å². The molecule has 0 aliphatic carbocycles. The van der Waals surface area contributed by atoms with Gasteiger partial charge in [-0.05, 0) is 25.2 Å². The molecule has 0 saturated carbocycles. The van der Waals surface area contributed by atoms with Gasteiger partial charge in [0.2, 0.25) is 0 Å². The molecule has 1 unspecified atom stereocenters. The minimum absolute atomic E-state index is 0.0638. The molecule has 2 atom stereocenters. The molecule has 0 radical (unpaired) electrons. The van der Waals surface area contributed by atoms with E-state index in [0.717, 1.165) is 63.7 Å². The maximum Gasteiger partial charge on any atom is 0.306 e. The number of unbranched alkanes of at least 4 members (excludes halogenated alkanes) is 29. The van der Waals surface area contributed by atoms with E-state index in [4.69, 9.17) is 14.2 Å². The molecule has 0 aromatic carbocycles. The number of ether oxygens (including phenoxy) is 3. The Hall–Kier alpha value is -1.59. The van der Waals surface area contributed by atoms with Gasteiger partial charge in [0.1, 0.15) is 13.2 Å². The number of hydrogen-bond donors (Lipinski definition) is 0. The second-order valence-electron chi connectivity index (χ2n) is 16.6. The van der Waals surface area contributed by atoms with E-state index < -0.39 is 6.10 Å². The summed E-state index contributed by atoms with van der Waals surface area (Å²) in [5.74, 6) is 0.0369. The average Bonchev–Trinajstić information content (AvgIpc) is 3.17. The fraction of sp³-hybridized carbons (Fsp3) is 0.938. The molecule has 0 aliphatic heterocycles. The molecular weight excluding hydrogens is 673 g/mol. The lowest BCUT2D eigenvalue weighted by molar-refractivity contribution is -0.167. The summed E-state index contributed by atoms with van der Waals surface area (Å²) < 4.78 is 16.7. The van der Waals surface area contributed by atoms with Crippen molar-refractivity contribution in [2.24, 2.45) is 5.92 Å². The molecule has 0 saturated heterocycles. The zero-order valence-electron chi connectivity index (χ0n) is 36.7. The van der Waals surface area contributed by atoms with Gasteiger partial charge in [-0.25, -0.2) is 0 Å². The number of rotatable bonds is 43. The minimum atomic E-state index is -0.758. The summed E-state index contributed by atoms with van der Waals surface area (Å²) in [7, 11) is 0. The number of carbonyl (C=O) groups excluding carboxylic acids is 3. The van der Waals surface area contributed by atoms with Gasteiger partial charge in [0.25, 0.3) is 0 Å². The molecule has 0 N–H and O–H groups in total. The molecule has 0 bridgehead atoms. The van der Waals surface area contributed by atoms with Gasteiger partial charge in [0.15, 0.2) is 6.10 Å². The van der Waals surface area contributed by atoms with Crippen molar-refractivity contribution in [2.45, 2.75) is 271 Å². The van der Waals surface area contributed by atoms with Crippen LogP contribution in [-0.4, -0.2) is 37.2 Å². The quantitative estimate of drug-likeness (QED) is 0.0349. The van der Waals surface area contributed by atoms with Crippen LogP contribution >= 0.6 is 0 Å². The molecular formula is C48H92O6. The van der Waals surface area contributed by atoms with Crippen LogP contribution < -0.4 is 0 Å². The molecule has 54 heavy (non-hydrogen) atoms. The lowest BCUT2D eigenvalue weighted by Gasteiger charge is -2.18. The molecule has 0 aromatic rings. The smallest absolute Gasteiger partial charge is 0.306 e. The maximum absolute atomic E-state index is 12.7. The van der Waals surface area contributed by atoms with E-state index in [1.54, 1.807) is 0 Å². The second kappa shape index (κ2) is 42.6. The summed E-state index contributed by atoms with van der Waals surface area (Å²) in [6, 6.07) is 0. The molecule has 6 nitrogen and oxygen atoms in total. The number of esters is 3. The van der Waals surface area contributed by atoms with E-state index in [1.165, 1.54) is 161 Å². The molecule has 0 amide bonds. The standard InChI is InChI=1S/C48H92O6/c1-5-8-10-12-14-15-20-24-28-32-36-40-47(50)53-43-45(42-52-46(49)39-35-31-26-13-11-9-6-2)54-48(51)41-37-33-29-25-22-19-17-16-18-21-23-27-30-34-38-44(4)7-3/h44-45H,5-43H2,1-4H3/t44?,45-/m0/s1. The monoisotopic (exact) mass is 765 g/mol. The number of carbonyl (C=O) groups is 3. The highest BCUT2D eigenvalue weighted by molar-refractivity contribution is 5.71. The van der Waals surface area contributed by atoms with Crippen LogP contribution in [0, 0.1) is 5.92 Å². The molecule has 0 heterocycles. The fourth-order valence-electron chi connectivity index (χ4n) is 7.12. The van der Waals surface area contributed by atoms with Crippen molar-refractivity contribution in [3.63, 3.8) is 0 Å². The Morgan fingerprint density at radius 3 is 0.963 bits per heavy atom. The van der Waals surface area contributed by atoms with Gasteiger partial charge in [-0.1, -0.05) is 227 Å². The fourth-order valence-corrected chi connectivity index (χ4v) is 7.12. The second-order valence-corrected chi connectivity index (χ2v) is 16.6. The van der Waals surface area contributed by atoms with Crippen molar-refractivity contribution >= 4 is 17.9 Å². The van der Waals surface area contributed by atoms with Crippen LogP contribution in [0.1, 0.15) is 265 Å². The van der Waals surface area contributed by atoms with Crippen LogP contribution in [0.4, 0.5) is 0 Å². The first-order chi connectivity index (χ1) is 26.4. The third-order valence-electron chi connectivity index (χ3n) is 11.2. The van der Waals surface area contributed by atoms with Gasteiger partial charge < -0.3 is 14.2 Å². The van der Waals surface area contributed by atoms with Crippen molar-refractivity contribution in [1.82, 2.24) is 0 Å². The first kappa shape index (κ1) is 52.4. The van der Waals surface area contributed by atoms with Crippen molar-refractivity contribution in [2.75, 3.05) is 13.2 Å². The predicted octanol–water partition coefficient (Wildman–Crippen LogP) is 15.1. The molecule has 0 aromatic heterocycles. The van der Waals surface area contributed by atoms with Crippen LogP contribution in [0.2, 0.25) is 0 Å². The average molecular weight is 765 g/mol. The van der Waals surface area contributed by atoms with E-state index in [-0.39, 0.29) is 31.1 Å². The highest BCUT2D eigenvalue weighted by atomic mass is 16.6. The first-order valence-electron chi connectivity index (χ1n) is 23.9. The zero-order valence-corrected chi connectivity index (χ0v) is 36.7. The van der Waals surface area contributed by atoms with E-state index in [0.29, 0.717) is 19.3 Å². The summed E-state index contributed by atoms with van der Waals surface area (Å²) in [5.41, 5.74) is 0. The minimum Gasteiger partial charge on any atom is -0.462 e. The Morgan fingerprint density at radius 1 is 0.370 bits per heavy atom. The lowest BCUT2D eigenvalue weighted by Crippen LogP contribution is -2.30. The largest absolute Gasteiger partial charge is 0.462 e. The normalized spacial score (nSPS) is 12.4. The van der Waals surface area contributed by atoms with Gasteiger partial charge in [-0.15, -0.1) is 0 Å². The molecule has 320 valence electrons. The third-order valence-corrected chi connectivity index (χ3v) is 11.2. The van der Waals surface area contributed by atoms with Gasteiger partial charge >= 0.3 is 17.9 Å². The van der Waals surface area contributed by atoms with Crippen LogP contribution in [0.5, 0.6) is 0 Å². The van der Waals surface area contributed by atoms with E-state index >= 15 is 0 Å². The van der Waals surface area contributed by atoms with Crippen LogP contribution in [0.3, 0.4) is 0 Å². The molecule has 0 fully saturated rings. The van der Waals surface area contributed by atoms with Gasteiger partial charge in [0, 0.05) is 19.3 Å². The summed E-state index contributed by atoms with van der Waals surface area (Å²) in [6.07, 6.45) is 42.3. The van der Waals surface area contributed by atoms with Crippen LogP contribution in [-0.2, 0) is 28.6 Å². The topological polar surface area (TPSA) is 78.9 Å². The van der Waals surface area contributed by atoms with Crippen LogP contribution in [0.25, 0.3) is 0 Å². The summed E-state index contributed by atoms with van der Waals surface area (Å²) in [4.78, 5) is 37.6. The Labute approximate surface area is 336 Å². The summed E-state index contributed by atoms with van der Waals surface area (Å²) in [5, 5.41) is 0. The Bertz CT molecular complexity index is 813. The third kappa shape index (κ3) is 40.1. The Kier molecular flexibility index (Phi) is 41.3. The predicted molar refractivity (Wildman–Crippen MR) is 229 cm³/mol.